The first-order chi connectivity index (χ1) is 17.0. The monoisotopic (exact) mass is 556 g/mol. The van der Waals surface area contributed by atoms with E-state index in [9.17, 15) is 4.79 Å². The number of nitrogens with one attached hydrogen (secondary N) is 1. The molecule has 1 amide bonds. The summed E-state index contributed by atoms with van der Waals surface area (Å²) in [6.07, 6.45) is 0.946. The molecule has 2 N–H and O–H groups in total. The van der Waals surface area contributed by atoms with E-state index < -0.39 is 5.54 Å². The van der Waals surface area contributed by atoms with E-state index in [1.165, 1.54) is 0 Å². The molecule has 0 unspecified atom stereocenters. The molecule has 0 spiro atoms. The van der Waals surface area contributed by atoms with E-state index in [2.05, 4.69) is 21.2 Å². The summed E-state index contributed by atoms with van der Waals surface area (Å²) < 4.78 is 12.5. The van der Waals surface area contributed by atoms with Crippen LogP contribution >= 0.6 is 27.5 Å². The van der Waals surface area contributed by atoms with E-state index in [1.54, 1.807) is 6.07 Å². The van der Waals surface area contributed by atoms with Gasteiger partial charge < -0.3 is 19.9 Å². The van der Waals surface area contributed by atoms with Crippen LogP contribution in [0, 0.1) is 0 Å². The summed E-state index contributed by atoms with van der Waals surface area (Å²) >= 11 is 9.68. The highest BCUT2D eigenvalue weighted by Crippen LogP contribution is 2.30. The zero-order chi connectivity index (χ0) is 24.7. The Hall–Kier alpha value is -2.87. The Labute approximate surface area is 218 Å². The Morgan fingerprint density at radius 3 is 2.69 bits per heavy atom. The van der Waals surface area contributed by atoms with Crippen molar-refractivity contribution in [1.29, 1.82) is 0 Å². The van der Waals surface area contributed by atoms with Crippen molar-refractivity contribution < 1.29 is 19.4 Å². The number of aliphatic imine (C=N–C) groups is 1. The first-order valence-corrected chi connectivity index (χ1v) is 12.5. The SMILES string of the molecule is O=C(NCc1cccc(Cl)c1)[C@@]1(Cc2ccccc2Br)COC(c2ccc(OCCCO)cc2)=N1. The third kappa shape index (κ3) is 6.42. The molecule has 1 heterocycles. The van der Waals surface area contributed by atoms with Gasteiger partial charge in [0.15, 0.2) is 5.54 Å². The molecule has 3 aromatic rings. The Morgan fingerprint density at radius 2 is 1.94 bits per heavy atom. The third-order valence-corrected chi connectivity index (χ3v) is 6.65. The summed E-state index contributed by atoms with van der Waals surface area (Å²) in [7, 11) is 0. The lowest BCUT2D eigenvalue weighted by Gasteiger charge is -2.24. The van der Waals surface area contributed by atoms with Crippen LogP contribution in [0.5, 0.6) is 5.75 Å². The van der Waals surface area contributed by atoms with Crippen molar-refractivity contribution in [2.75, 3.05) is 19.8 Å². The van der Waals surface area contributed by atoms with Gasteiger partial charge in [0.05, 0.1) is 6.61 Å². The lowest BCUT2D eigenvalue weighted by Crippen LogP contribution is -2.48. The second-order valence-electron chi connectivity index (χ2n) is 8.27. The molecule has 1 aliphatic heterocycles. The maximum Gasteiger partial charge on any atom is 0.252 e. The number of halogens is 2. The number of rotatable bonds is 10. The smallest absolute Gasteiger partial charge is 0.252 e. The lowest BCUT2D eigenvalue weighted by molar-refractivity contribution is -0.126. The number of benzene rings is 3. The average molecular weight is 558 g/mol. The number of aliphatic hydroxyl groups excluding tert-OH is 1. The molecule has 0 radical (unpaired) electrons. The standard InChI is InChI=1S/C27H26BrClN2O4/c28-24-8-2-1-6-21(24)16-27(26(33)30-17-19-5-3-7-22(29)15-19)18-35-25(31-27)20-9-11-23(12-10-20)34-14-4-13-32/h1-3,5-12,15,32H,4,13-14,16-18H2,(H,30,33)/t27-/m1/s1. The summed E-state index contributed by atoms with van der Waals surface area (Å²) in [5.41, 5.74) is 1.51. The molecule has 8 heteroatoms. The van der Waals surface area contributed by atoms with Crippen LogP contribution in [0.1, 0.15) is 23.1 Å². The minimum absolute atomic E-state index is 0.0850. The summed E-state index contributed by atoms with van der Waals surface area (Å²) in [5.74, 6) is 0.892. The third-order valence-electron chi connectivity index (χ3n) is 5.64. The Kier molecular flexibility index (Phi) is 8.44. The van der Waals surface area contributed by atoms with Gasteiger partial charge in [-0.05, 0) is 53.6 Å². The number of aliphatic hydroxyl groups is 1. The van der Waals surface area contributed by atoms with Crippen LogP contribution in [0.3, 0.4) is 0 Å². The Bertz CT molecular complexity index is 1200. The van der Waals surface area contributed by atoms with Crippen LogP contribution in [0.2, 0.25) is 5.02 Å². The highest BCUT2D eigenvalue weighted by atomic mass is 79.9. The van der Waals surface area contributed by atoms with E-state index in [0.717, 1.165) is 21.2 Å². The molecular weight excluding hydrogens is 532 g/mol. The lowest BCUT2D eigenvalue weighted by atomic mass is 9.91. The van der Waals surface area contributed by atoms with E-state index in [1.807, 2.05) is 66.7 Å². The highest BCUT2D eigenvalue weighted by Gasteiger charge is 2.44. The number of amides is 1. The van der Waals surface area contributed by atoms with Gasteiger partial charge in [-0.25, -0.2) is 4.99 Å². The summed E-state index contributed by atoms with van der Waals surface area (Å²) in [6.45, 7) is 0.985. The molecule has 3 aromatic carbocycles. The second-order valence-corrected chi connectivity index (χ2v) is 9.56. The van der Waals surface area contributed by atoms with E-state index >= 15 is 0 Å². The topological polar surface area (TPSA) is 80.2 Å². The maximum absolute atomic E-state index is 13.5. The average Bonchev–Trinajstić information content (AvgIpc) is 3.30. The van der Waals surface area contributed by atoms with Gasteiger partial charge in [-0.2, -0.15) is 0 Å². The van der Waals surface area contributed by atoms with Crippen molar-refractivity contribution in [2.45, 2.75) is 24.9 Å². The molecule has 0 bridgehead atoms. The zero-order valence-corrected chi connectivity index (χ0v) is 21.4. The normalized spacial score (nSPS) is 16.9. The largest absolute Gasteiger partial charge is 0.494 e. The first kappa shape index (κ1) is 25.2. The van der Waals surface area contributed by atoms with Crippen molar-refractivity contribution in [3.05, 3.63) is 99.0 Å². The molecule has 182 valence electrons. The van der Waals surface area contributed by atoms with Gasteiger partial charge in [0.2, 0.25) is 5.90 Å². The fourth-order valence-corrected chi connectivity index (χ4v) is 4.42. The van der Waals surface area contributed by atoms with Crippen LogP contribution in [0.4, 0.5) is 0 Å². The fourth-order valence-electron chi connectivity index (χ4n) is 3.78. The summed E-state index contributed by atoms with van der Waals surface area (Å²) in [5, 5.41) is 12.5. The molecule has 35 heavy (non-hydrogen) atoms. The molecular formula is C27H26BrClN2O4. The zero-order valence-electron chi connectivity index (χ0n) is 19.0. The van der Waals surface area contributed by atoms with Crippen LogP contribution in [0.25, 0.3) is 0 Å². The molecule has 0 aliphatic carbocycles. The second kappa shape index (κ2) is 11.7. The molecule has 0 saturated heterocycles. The van der Waals surface area contributed by atoms with Gasteiger partial charge in [-0.3, -0.25) is 4.79 Å². The Morgan fingerprint density at radius 1 is 1.14 bits per heavy atom. The summed E-state index contributed by atoms with van der Waals surface area (Å²) in [4.78, 5) is 18.4. The molecule has 6 nitrogen and oxygen atoms in total. The van der Waals surface area contributed by atoms with E-state index in [0.29, 0.717) is 42.7 Å². The van der Waals surface area contributed by atoms with Crippen LogP contribution in [-0.4, -0.2) is 42.3 Å². The van der Waals surface area contributed by atoms with Gasteiger partial charge in [-0.1, -0.05) is 57.9 Å². The van der Waals surface area contributed by atoms with Crippen LogP contribution in [0.15, 0.2) is 82.3 Å². The molecule has 0 aromatic heterocycles. The number of nitrogens with zero attached hydrogens (tertiary/aromatic N) is 1. The molecule has 1 atom stereocenters. The quantitative estimate of drug-likeness (QED) is 0.346. The van der Waals surface area contributed by atoms with Crippen molar-refractivity contribution >= 4 is 39.3 Å². The molecule has 0 saturated carbocycles. The van der Waals surface area contributed by atoms with Gasteiger partial charge in [-0.15, -0.1) is 0 Å². The van der Waals surface area contributed by atoms with Gasteiger partial charge in [0.1, 0.15) is 12.4 Å². The van der Waals surface area contributed by atoms with Gasteiger partial charge >= 0.3 is 0 Å². The van der Waals surface area contributed by atoms with Gasteiger partial charge in [0.25, 0.3) is 5.91 Å². The predicted molar refractivity (Wildman–Crippen MR) is 140 cm³/mol. The molecule has 0 fully saturated rings. The maximum atomic E-state index is 13.5. The first-order valence-electron chi connectivity index (χ1n) is 11.3. The van der Waals surface area contributed by atoms with Crippen molar-refractivity contribution in [3.8, 4) is 5.75 Å². The van der Waals surface area contributed by atoms with Crippen LogP contribution in [-0.2, 0) is 22.5 Å². The van der Waals surface area contributed by atoms with Crippen LogP contribution < -0.4 is 10.1 Å². The number of hydrogen-bond acceptors (Lipinski definition) is 5. The number of carbonyl (C=O) groups is 1. The van der Waals surface area contributed by atoms with E-state index in [-0.39, 0.29) is 19.1 Å². The number of ether oxygens (including phenoxy) is 2. The van der Waals surface area contributed by atoms with Crippen molar-refractivity contribution in [1.82, 2.24) is 5.32 Å². The van der Waals surface area contributed by atoms with E-state index in [4.69, 9.17) is 31.2 Å². The molecule has 4 rings (SSSR count). The number of carbonyl (C=O) groups excluding carboxylic acids is 1. The molecule has 1 aliphatic rings. The minimum atomic E-state index is -1.12. The number of hydrogen-bond donors (Lipinski definition) is 2. The Balaban J connectivity index is 1.57. The van der Waals surface area contributed by atoms with Gasteiger partial charge in [0, 0.05) is 41.1 Å². The van der Waals surface area contributed by atoms with Crippen molar-refractivity contribution in [3.63, 3.8) is 0 Å². The predicted octanol–water partition coefficient (Wildman–Crippen LogP) is 4.94. The summed E-state index contributed by atoms with van der Waals surface area (Å²) in [6, 6.07) is 22.5. The highest BCUT2D eigenvalue weighted by molar-refractivity contribution is 9.10. The fraction of sp³-hybridized carbons (Fsp3) is 0.259. The minimum Gasteiger partial charge on any atom is -0.494 e. The van der Waals surface area contributed by atoms with Crippen molar-refractivity contribution in [2.24, 2.45) is 4.99 Å².